The molecule has 3 rings (SSSR count). The summed E-state index contributed by atoms with van der Waals surface area (Å²) in [7, 11) is 0. The van der Waals surface area contributed by atoms with E-state index < -0.39 is 11.6 Å². The van der Waals surface area contributed by atoms with Crippen molar-refractivity contribution in [2.45, 2.75) is 32.6 Å². The van der Waals surface area contributed by atoms with Crippen LogP contribution >= 0.6 is 0 Å². The van der Waals surface area contributed by atoms with Crippen LogP contribution in [0.25, 0.3) is 22.6 Å². The zero-order chi connectivity index (χ0) is 16.9. The van der Waals surface area contributed by atoms with Gasteiger partial charge in [-0.1, -0.05) is 19.8 Å². The lowest BCUT2D eigenvalue weighted by Crippen LogP contribution is -1.95. The highest BCUT2D eigenvalue weighted by molar-refractivity contribution is 5.65. The summed E-state index contributed by atoms with van der Waals surface area (Å²) >= 11 is 0. The van der Waals surface area contributed by atoms with Gasteiger partial charge in [-0.2, -0.15) is 0 Å². The Morgan fingerprint density at radius 2 is 1.92 bits per heavy atom. The number of aryl methyl sites for hydroxylation is 1. The molecule has 0 radical (unpaired) electrons. The van der Waals surface area contributed by atoms with Crippen LogP contribution in [0, 0.1) is 11.6 Å². The van der Waals surface area contributed by atoms with E-state index in [4.69, 9.17) is 0 Å². The third-order valence-corrected chi connectivity index (χ3v) is 3.97. The summed E-state index contributed by atoms with van der Waals surface area (Å²) in [6.07, 6.45) is 7.70. The van der Waals surface area contributed by atoms with Gasteiger partial charge in [0.25, 0.3) is 0 Å². The largest absolute Gasteiger partial charge is 0.338 e. The number of nitrogens with zero attached hydrogens (tertiary/aromatic N) is 2. The van der Waals surface area contributed by atoms with Crippen molar-refractivity contribution in [2.75, 3.05) is 0 Å². The van der Waals surface area contributed by atoms with Crippen molar-refractivity contribution in [1.29, 1.82) is 0 Å². The molecule has 0 fully saturated rings. The standard InChI is InChI=1S/C19H19F2N3/c1-2-3-4-7-17-14(6-5-10-22-17)19-23-12-18(24-19)13-8-9-15(20)16(21)11-13/h5-6,8-12H,2-4,7H2,1H3,(H,23,24). The van der Waals surface area contributed by atoms with Crippen LogP contribution in [0.5, 0.6) is 0 Å². The fourth-order valence-corrected chi connectivity index (χ4v) is 2.66. The second kappa shape index (κ2) is 7.34. The third-order valence-electron chi connectivity index (χ3n) is 3.97. The number of benzene rings is 1. The zero-order valence-electron chi connectivity index (χ0n) is 13.5. The van der Waals surface area contributed by atoms with Crippen LogP contribution in [0.1, 0.15) is 31.9 Å². The van der Waals surface area contributed by atoms with Crippen LogP contribution in [0.2, 0.25) is 0 Å². The maximum absolute atomic E-state index is 13.4. The van der Waals surface area contributed by atoms with Gasteiger partial charge in [-0.25, -0.2) is 13.8 Å². The second-order valence-electron chi connectivity index (χ2n) is 5.73. The molecule has 0 atom stereocenters. The molecule has 0 bridgehead atoms. The van der Waals surface area contributed by atoms with Gasteiger partial charge in [0.2, 0.25) is 0 Å². The second-order valence-corrected chi connectivity index (χ2v) is 5.73. The Morgan fingerprint density at radius 1 is 1.04 bits per heavy atom. The van der Waals surface area contributed by atoms with E-state index in [1.807, 2.05) is 12.1 Å². The molecular formula is C19H19F2N3. The Labute approximate surface area is 139 Å². The van der Waals surface area contributed by atoms with E-state index in [0.29, 0.717) is 17.1 Å². The summed E-state index contributed by atoms with van der Waals surface area (Å²) in [4.78, 5) is 12.0. The number of pyridine rings is 1. The predicted molar refractivity (Wildman–Crippen MR) is 90.4 cm³/mol. The predicted octanol–water partition coefficient (Wildman–Crippen LogP) is 5.15. The quantitative estimate of drug-likeness (QED) is 0.636. The van der Waals surface area contributed by atoms with Crippen LogP contribution in [0.3, 0.4) is 0 Å². The summed E-state index contributed by atoms with van der Waals surface area (Å²) in [6.45, 7) is 2.17. The van der Waals surface area contributed by atoms with Crippen LogP contribution < -0.4 is 0 Å². The van der Waals surface area contributed by atoms with Crippen LogP contribution in [-0.2, 0) is 6.42 Å². The highest BCUT2D eigenvalue weighted by Gasteiger charge is 2.12. The van der Waals surface area contributed by atoms with Gasteiger partial charge < -0.3 is 4.98 Å². The summed E-state index contributed by atoms with van der Waals surface area (Å²) in [5.74, 6) is -1.04. The molecule has 0 amide bonds. The topological polar surface area (TPSA) is 41.6 Å². The Hall–Kier alpha value is -2.56. The lowest BCUT2D eigenvalue weighted by Gasteiger charge is -2.06. The minimum absolute atomic E-state index is 0.559. The van der Waals surface area contributed by atoms with E-state index in [9.17, 15) is 8.78 Å². The molecule has 1 aromatic carbocycles. The number of imidazole rings is 1. The number of hydrogen-bond acceptors (Lipinski definition) is 2. The first kappa shape index (κ1) is 16.3. The molecule has 0 saturated heterocycles. The molecule has 24 heavy (non-hydrogen) atoms. The number of aromatic amines is 1. The fraction of sp³-hybridized carbons (Fsp3) is 0.263. The highest BCUT2D eigenvalue weighted by Crippen LogP contribution is 2.25. The maximum Gasteiger partial charge on any atom is 0.159 e. The maximum atomic E-state index is 13.4. The molecule has 2 aromatic heterocycles. The minimum Gasteiger partial charge on any atom is -0.338 e. The van der Waals surface area contributed by atoms with Crippen LogP contribution in [-0.4, -0.2) is 15.0 Å². The lowest BCUT2D eigenvalue weighted by atomic mass is 10.1. The molecule has 0 aliphatic carbocycles. The molecule has 124 valence electrons. The number of unbranched alkanes of at least 4 members (excludes halogenated alkanes) is 2. The van der Waals surface area contributed by atoms with Gasteiger partial charge in [0, 0.05) is 17.3 Å². The van der Waals surface area contributed by atoms with Gasteiger partial charge in [0.1, 0.15) is 5.82 Å². The molecule has 3 nitrogen and oxygen atoms in total. The van der Waals surface area contributed by atoms with E-state index in [2.05, 4.69) is 21.9 Å². The molecule has 0 aliphatic heterocycles. The van der Waals surface area contributed by atoms with Crippen molar-refractivity contribution >= 4 is 0 Å². The minimum atomic E-state index is -0.870. The normalized spacial score (nSPS) is 11.0. The third kappa shape index (κ3) is 3.50. The zero-order valence-corrected chi connectivity index (χ0v) is 13.5. The number of rotatable bonds is 6. The van der Waals surface area contributed by atoms with Crippen molar-refractivity contribution in [3.05, 3.63) is 60.1 Å². The molecule has 0 spiro atoms. The Balaban J connectivity index is 1.89. The number of hydrogen-bond donors (Lipinski definition) is 1. The van der Waals surface area contributed by atoms with Crippen molar-refractivity contribution in [2.24, 2.45) is 0 Å². The average molecular weight is 327 g/mol. The summed E-state index contributed by atoms with van der Waals surface area (Å²) in [5, 5.41) is 0. The first-order valence-electron chi connectivity index (χ1n) is 8.13. The summed E-state index contributed by atoms with van der Waals surface area (Å²) in [5.41, 5.74) is 3.15. The van der Waals surface area contributed by atoms with Gasteiger partial charge in [0.05, 0.1) is 17.6 Å². The first-order valence-corrected chi connectivity index (χ1v) is 8.13. The molecule has 1 N–H and O–H groups in total. The van der Waals surface area contributed by atoms with Gasteiger partial charge in [-0.05, 0) is 43.2 Å². The number of aromatic nitrogens is 3. The molecule has 0 unspecified atom stereocenters. The van der Waals surface area contributed by atoms with E-state index in [-0.39, 0.29) is 0 Å². The van der Waals surface area contributed by atoms with Crippen molar-refractivity contribution in [3.63, 3.8) is 0 Å². The molecule has 0 aliphatic rings. The van der Waals surface area contributed by atoms with Gasteiger partial charge in [-0.3, -0.25) is 4.98 Å². The van der Waals surface area contributed by atoms with Crippen LogP contribution in [0.4, 0.5) is 8.78 Å². The Morgan fingerprint density at radius 3 is 2.71 bits per heavy atom. The van der Waals surface area contributed by atoms with Gasteiger partial charge >= 0.3 is 0 Å². The van der Waals surface area contributed by atoms with Gasteiger partial charge in [-0.15, -0.1) is 0 Å². The lowest BCUT2D eigenvalue weighted by molar-refractivity contribution is 0.509. The van der Waals surface area contributed by atoms with E-state index in [1.54, 1.807) is 12.4 Å². The monoisotopic (exact) mass is 327 g/mol. The molecule has 0 saturated carbocycles. The first-order chi connectivity index (χ1) is 11.7. The van der Waals surface area contributed by atoms with E-state index in [0.717, 1.165) is 49.1 Å². The van der Waals surface area contributed by atoms with Crippen molar-refractivity contribution in [1.82, 2.24) is 15.0 Å². The number of nitrogens with one attached hydrogen (secondary N) is 1. The Kier molecular flexibility index (Phi) is 4.99. The van der Waals surface area contributed by atoms with Crippen LogP contribution in [0.15, 0.2) is 42.7 Å². The van der Waals surface area contributed by atoms with Gasteiger partial charge in [0.15, 0.2) is 11.6 Å². The molecule has 5 heteroatoms. The van der Waals surface area contributed by atoms with Crippen molar-refractivity contribution < 1.29 is 8.78 Å². The highest BCUT2D eigenvalue weighted by atomic mass is 19.2. The smallest absolute Gasteiger partial charge is 0.159 e. The van der Waals surface area contributed by atoms with Crippen molar-refractivity contribution in [3.8, 4) is 22.6 Å². The summed E-state index contributed by atoms with van der Waals surface area (Å²) in [6, 6.07) is 7.66. The molecular weight excluding hydrogens is 308 g/mol. The Bertz CT molecular complexity index is 827. The number of H-pyrrole nitrogens is 1. The molecule has 3 aromatic rings. The average Bonchev–Trinajstić information content (AvgIpc) is 3.08. The number of halogens is 2. The SMILES string of the molecule is CCCCCc1ncccc1-c1ncc(-c2ccc(F)c(F)c2)[nH]1. The fourth-order valence-electron chi connectivity index (χ4n) is 2.66. The van der Waals surface area contributed by atoms with E-state index in [1.165, 1.54) is 6.07 Å². The summed E-state index contributed by atoms with van der Waals surface area (Å²) < 4.78 is 26.5. The molecule has 2 heterocycles. The van der Waals surface area contributed by atoms with E-state index >= 15 is 0 Å².